The predicted octanol–water partition coefficient (Wildman–Crippen LogP) is 8.57. The zero-order chi connectivity index (χ0) is 33.9. The number of allylic oxidation sites excluding steroid dienone is 2. The highest BCUT2D eigenvalue weighted by molar-refractivity contribution is 5.71. The largest absolute Gasteiger partial charge is 0.481 e. The van der Waals surface area contributed by atoms with Crippen molar-refractivity contribution in [3.63, 3.8) is 0 Å². The summed E-state index contributed by atoms with van der Waals surface area (Å²) in [7, 11) is 1.80. The number of carbonyl (C=O) groups excluding carboxylic acids is 3. The van der Waals surface area contributed by atoms with E-state index in [1.807, 2.05) is 0 Å². The fourth-order valence-electron chi connectivity index (χ4n) is 5.12. The Morgan fingerprint density at radius 1 is 0.522 bits per heavy atom. The minimum Gasteiger partial charge on any atom is -0.481 e. The molecule has 0 spiro atoms. The first-order chi connectivity index (χ1) is 22.3. The molecule has 0 radical (unpaired) electrons. The Labute approximate surface area is 280 Å². The van der Waals surface area contributed by atoms with Crippen molar-refractivity contribution in [1.29, 1.82) is 0 Å². The Kier molecular flexibility index (Phi) is 32.1. The van der Waals surface area contributed by atoms with Crippen molar-refractivity contribution >= 4 is 23.9 Å². The molecule has 0 amide bonds. The molecule has 0 bridgehead atoms. The summed E-state index contributed by atoms with van der Waals surface area (Å²) in [4.78, 5) is 46.8. The van der Waals surface area contributed by atoms with Crippen LogP contribution in [0.1, 0.15) is 161 Å². The Hall–Kier alpha value is -2.42. The van der Waals surface area contributed by atoms with Crippen LogP contribution in [0, 0.1) is 0 Å². The number of likely N-dealkylation sites (N-methyl/N-ethyl adjacent to an activating group) is 1. The average molecular weight is 654 g/mol. The van der Waals surface area contributed by atoms with Gasteiger partial charge in [-0.25, -0.2) is 0 Å². The number of unbranched alkanes of at least 4 members (excludes halogenated alkanes) is 19. The average Bonchev–Trinajstić information content (AvgIpc) is 3.00. The molecule has 9 nitrogen and oxygen atoms in total. The smallest absolute Gasteiger partial charge is 0.320 e. The van der Waals surface area contributed by atoms with E-state index >= 15 is 0 Å². The van der Waals surface area contributed by atoms with E-state index in [2.05, 4.69) is 12.2 Å². The topological polar surface area (TPSA) is 119 Å². The number of esters is 3. The fraction of sp³-hybridized carbons (Fsp3) is 0.838. The van der Waals surface area contributed by atoms with Gasteiger partial charge in [0.05, 0.1) is 19.8 Å². The molecule has 0 fully saturated rings. The first-order valence-corrected chi connectivity index (χ1v) is 18.3. The molecule has 0 unspecified atom stereocenters. The maximum absolute atomic E-state index is 11.9. The summed E-state index contributed by atoms with van der Waals surface area (Å²) in [6.45, 7) is 3.32. The molecule has 1 N–H and O–H groups in total. The molecule has 0 rings (SSSR count). The summed E-state index contributed by atoms with van der Waals surface area (Å²) < 4.78 is 15.5. The van der Waals surface area contributed by atoms with Gasteiger partial charge >= 0.3 is 23.9 Å². The van der Waals surface area contributed by atoms with Crippen molar-refractivity contribution in [3.8, 4) is 0 Å². The minimum absolute atomic E-state index is 0.0577. The Balaban J connectivity index is 3.31. The lowest BCUT2D eigenvalue weighted by atomic mass is 10.1. The number of carboxylic acid groups (broad SMARTS) is 1. The molecule has 0 saturated heterocycles. The van der Waals surface area contributed by atoms with E-state index in [0.717, 1.165) is 83.5 Å². The van der Waals surface area contributed by atoms with Crippen LogP contribution in [-0.4, -0.2) is 73.8 Å². The van der Waals surface area contributed by atoms with Crippen LogP contribution in [0.2, 0.25) is 0 Å². The standard InChI is InChI=1S/C37H67NO8/c1-34(39)44-32-29-38(2)33-37(43)46-31-26-22-18-14-13-17-21-25-30-45-36(42)28-24-20-16-12-10-8-6-4-3-5-7-9-11-15-19-23-27-35(40)41/h3-4H,5-33H2,1-2H3,(H,40,41)/b4-3+. The molecule has 0 heterocycles. The molecule has 0 atom stereocenters. The highest BCUT2D eigenvalue weighted by Gasteiger charge is 2.08. The monoisotopic (exact) mass is 653 g/mol. The Morgan fingerprint density at radius 2 is 0.935 bits per heavy atom. The zero-order valence-electron chi connectivity index (χ0n) is 29.4. The molecular weight excluding hydrogens is 586 g/mol. The first kappa shape index (κ1) is 43.6. The molecule has 9 heteroatoms. The molecular formula is C37H67NO8. The van der Waals surface area contributed by atoms with Crippen LogP contribution in [0.25, 0.3) is 0 Å². The maximum atomic E-state index is 11.9. The summed E-state index contributed by atoms with van der Waals surface area (Å²) in [6, 6.07) is 0. The van der Waals surface area contributed by atoms with Crippen LogP contribution in [-0.2, 0) is 33.4 Å². The summed E-state index contributed by atoms with van der Waals surface area (Å²) in [5.41, 5.74) is 0. The highest BCUT2D eigenvalue weighted by Crippen LogP contribution is 2.12. The van der Waals surface area contributed by atoms with E-state index in [9.17, 15) is 19.2 Å². The van der Waals surface area contributed by atoms with Gasteiger partial charge in [0, 0.05) is 26.3 Å². The number of hydrogen-bond donors (Lipinski definition) is 1. The maximum Gasteiger partial charge on any atom is 0.320 e. The molecule has 0 aromatic carbocycles. The van der Waals surface area contributed by atoms with Crippen LogP contribution in [0.15, 0.2) is 12.2 Å². The number of hydrogen-bond acceptors (Lipinski definition) is 8. The van der Waals surface area contributed by atoms with Gasteiger partial charge in [-0.3, -0.25) is 24.1 Å². The van der Waals surface area contributed by atoms with E-state index in [1.165, 1.54) is 64.7 Å². The van der Waals surface area contributed by atoms with Gasteiger partial charge in [0.15, 0.2) is 0 Å². The van der Waals surface area contributed by atoms with E-state index in [1.54, 1.807) is 11.9 Å². The van der Waals surface area contributed by atoms with Crippen LogP contribution >= 0.6 is 0 Å². The van der Waals surface area contributed by atoms with Gasteiger partial charge in [0.2, 0.25) is 0 Å². The molecule has 0 aliphatic rings. The molecule has 0 aliphatic carbocycles. The van der Waals surface area contributed by atoms with Crippen molar-refractivity contribution in [2.24, 2.45) is 0 Å². The molecule has 0 aromatic heterocycles. The van der Waals surface area contributed by atoms with Crippen LogP contribution in [0.4, 0.5) is 0 Å². The van der Waals surface area contributed by atoms with E-state index < -0.39 is 5.97 Å². The molecule has 46 heavy (non-hydrogen) atoms. The number of aliphatic carboxylic acids is 1. The Bertz CT molecular complexity index is 785. The van der Waals surface area contributed by atoms with Gasteiger partial charge in [0.1, 0.15) is 6.61 Å². The highest BCUT2D eigenvalue weighted by atomic mass is 16.5. The fourth-order valence-corrected chi connectivity index (χ4v) is 5.12. The second kappa shape index (κ2) is 33.9. The van der Waals surface area contributed by atoms with Crippen molar-refractivity contribution in [3.05, 3.63) is 12.2 Å². The van der Waals surface area contributed by atoms with E-state index in [0.29, 0.717) is 32.6 Å². The lowest BCUT2D eigenvalue weighted by Gasteiger charge is -2.15. The van der Waals surface area contributed by atoms with Crippen LogP contribution in [0.5, 0.6) is 0 Å². The first-order valence-electron chi connectivity index (χ1n) is 18.3. The van der Waals surface area contributed by atoms with Gasteiger partial charge in [-0.2, -0.15) is 0 Å². The third-order valence-corrected chi connectivity index (χ3v) is 7.92. The minimum atomic E-state index is -0.685. The summed E-state index contributed by atoms with van der Waals surface area (Å²) in [5.74, 6) is -1.31. The van der Waals surface area contributed by atoms with Gasteiger partial charge in [-0.1, -0.05) is 102 Å². The molecule has 0 aliphatic heterocycles. The van der Waals surface area contributed by atoms with E-state index in [-0.39, 0.29) is 31.1 Å². The summed E-state index contributed by atoms with van der Waals surface area (Å²) >= 11 is 0. The van der Waals surface area contributed by atoms with Gasteiger partial charge < -0.3 is 19.3 Å². The van der Waals surface area contributed by atoms with Crippen LogP contribution in [0.3, 0.4) is 0 Å². The second-order valence-electron chi connectivity index (χ2n) is 12.5. The van der Waals surface area contributed by atoms with Crippen molar-refractivity contribution < 1.29 is 38.5 Å². The van der Waals surface area contributed by atoms with Gasteiger partial charge in [0.25, 0.3) is 0 Å². The predicted molar refractivity (Wildman–Crippen MR) is 184 cm³/mol. The van der Waals surface area contributed by atoms with Crippen molar-refractivity contribution in [1.82, 2.24) is 4.90 Å². The molecule has 268 valence electrons. The lowest BCUT2D eigenvalue weighted by molar-refractivity contribution is -0.146. The van der Waals surface area contributed by atoms with Crippen LogP contribution < -0.4 is 0 Å². The van der Waals surface area contributed by atoms with E-state index in [4.69, 9.17) is 19.3 Å². The number of carbonyl (C=O) groups is 4. The SMILES string of the molecule is CC(=O)OCCN(C)CC(=O)OCCCCCCCCCCOC(=O)CCCCCCCC/C=C/CCCCCCCCC(=O)O. The quantitative estimate of drug-likeness (QED) is 0.0315. The normalized spacial score (nSPS) is 11.3. The number of rotatable bonds is 34. The Morgan fingerprint density at radius 3 is 1.41 bits per heavy atom. The summed E-state index contributed by atoms with van der Waals surface area (Å²) in [6.07, 6.45) is 29.9. The lowest BCUT2D eigenvalue weighted by Crippen LogP contribution is -2.30. The number of ether oxygens (including phenoxy) is 3. The number of carboxylic acids is 1. The van der Waals surface area contributed by atoms with Crippen molar-refractivity contribution in [2.45, 2.75) is 161 Å². The third-order valence-electron chi connectivity index (χ3n) is 7.92. The van der Waals surface area contributed by atoms with Gasteiger partial charge in [-0.05, 0) is 58.4 Å². The van der Waals surface area contributed by atoms with Gasteiger partial charge in [-0.15, -0.1) is 0 Å². The third kappa shape index (κ3) is 36.1. The zero-order valence-corrected chi connectivity index (χ0v) is 29.4. The molecule has 0 aromatic rings. The number of nitrogens with zero attached hydrogens (tertiary/aromatic N) is 1. The molecule has 0 saturated carbocycles. The second-order valence-corrected chi connectivity index (χ2v) is 12.5. The summed E-state index contributed by atoms with van der Waals surface area (Å²) in [5, 5.41) is 8.62. The van der Waals surface area contributed by atoms with Crippen molar-refractivity contribution in [2.75, 3.05) is 40.0 Å².